The molecule has 0 N–H and O–H groups in total. The second-order valence-electron chi connectivity index (χ2n) is 19.1. The molecule has 0 amide bonds. The summed E-state index contributed by atoms with van der Waals surface area (Å²) < 4.78 is 5.38. The molecule has 2 heteroatoms. The average molecular weight is 871 g/mol. The van der Waals surface area contributed by atoms with Crippen molar-refractivity contribution >= 4 is 5.97 Å². The van der Waals surface area contributed by atoms with E-state index in [4.69, 9.17) is 4.74 Å². The summed E-state index contributed by atoms with van der Waals surface area (Å²) in [6, 6.07) is 9.16. The van der Waals surface area contributed by atoms with Gasteiger partial charge in [-0.25, -0.2) is 4.79 Å². The third kappa shape index (κ3) is 34.3. The Morgan fingerprint density at radius 2 is 0.547 bits per heavy atom. The molecule has 0 aromatic heterocycles. The van der Waals surface area contributed by atoms with E-state index in [1.165, 1.54) is 99.8 Å². The van der Waals surface area contributed by atoms with E-state index in [2.05, 4.69) is 144 Å². The molecule has 0 radical (unpaired) electrons. The van der Waals surface area contributed by atoms with Crippen molar-refractivity contribution in [1.82, 2.24) is 0 Å². The first-order valence-electron chi connectivity index (χ1n) is 25.1. The minimum absolute atomic E-state index is 0.270. The quantitative estimate of drug-likeness (QED) is 0.0520. The molecule has 0 aliphatic heterocycles. The Morgan fingerprint density at radius 3 is 0.781 bits per heavy atom. The molecule has 0 spiro atoms. The number of carbonyl (C=O) groups is 1. The summed E-state index contributed by atoms with van der Waals surface area (Å²) in [6.45, 7) is 27.4. The predicted molar refractivity (Wildman–Crippen MR) is 286 cm³/mol. The van der Waals surface area contributed by atoms with Crippen LogP contribution >= 0.6 is 0 Å². The van der Waals surface area contributed by atoms with Gasteiger partial charge in [-0.05, 0) is 230 Å². The minimum Gasteiger partial charge on any atom is -0.458 e. The predicted octanol–water partition coefficient (Wildman–Crippen LogP) is 20.1. The monoisotopic (exact) mass is 871 g/mol. The van der Waals surface area contributed by atoms with Gasteiger partial charge in [-0.15, -0.1) is 0 Å². The number of carbonyl (C=O) groups excluding carboxylic acids is 1. The molecule has 0 unspecified atom stereocenters. The maximum absolute atomic E-state index is 12.1. The minimum atomic E-state index is -0.270. The molecular formula is C62H94O2. The third-order valence-corrected chi connectivity index (χ3v) is 12.0. The number of allylic oxidation sites excluding steroid dienone is 21. The first-order chi connectivity index (χ1) is 30.6. The number of rotatable bonds is 33. The Labute approximate surface area is 396 Å². The molecule has 0 bridgehead atoms. The van der Waals surface area contributed by atoms with Crippen LogP contribution in [0.25, 0.3) is 0 Å². The zero-order chi connectivity index (χ0) is 47.4. The van der Waals surface area contributed by atoms with Crippen LogP contribution in [0.1, 0.15) is 222 Å². The van der Waals surface area contributed by atoms with E-state index in [1.807, 2.05) is 24.3 Å². The SMILES string of the molecule is CC(C)=CCCC(C)=CCCC(C)=CCCC(C)=CCCC(C)=CCCC(C)=CCCC(C)=CCCC(C)=CCCC(C)=CCCC(C)=CCCC(C)=CCOC(=O)c1ccccc1. The van der Waals surface area contributed by atoms with Crippen molar-refractivity contribution in [1.29, 1.82) is 0 Å². The van der Waals surface area contributed by atoms with Crippen LogP contribution in [0, 0.1) is 0 Å². The summed E-state index contributed by atoms with van der Waals surface area (Å²) in [5.74, 6) is -0.270. The molecule has 1 rings (SSSR count). The van der Waals surface area contributed by atoms with Crippen LogP contribution in [0.15, 0.2) is 158 Å². The smallest absolute Gasteiger partial charge is 0.338 e. The van der Waals surface area contributed by atoms with E-state index < -0.39 is 0 Å². The van der Waals surface area contributed by atoms with E-state index in [9.17, 15) is 4.79 Å². The second kappa shape index (κ2) is 37.1. The van der Waals surface area contributed by atoms with Crippen LogP contribution in [0.2, 0.25) is 0 Å². The van der Waals surface area contributed by atoms with Gasteiger partial charge in [0.25, 0.3) is 0 Å². The molecule has 354 valence electrons. The number of benzene rings is 1. The molecule has 0 saturated heterocycles. The van der Waals surface area contributed by atoms with Crippen LogP contribution in [-0.2, 0) is 4.74 Å². The number of hydrogen-bond donors (Lipinski definition) is 0. The number of hydrogen-bond acceptors (Lipinski definition) is 2. The summed E-state index contributed by atoms with van der Waals surface area (Å²) in [4.78, 5) is 12.1. The van der Waals surface area contributed by atoms with Crippen LogP contribution in [0.5, 0.6) is 0 Å². The van der Waals surface area contributed by atoms with Gasteiger partial charge >= 0.3 is 5.97 Å². The molecule has 0 atom stereocenters. The summed E-state index contributed by atoms with van der Waals surface area (Å²) >= 11 is 0. The zero-order valence-corrected chi connectivity index (χ0v) is 43.4. The maximum atomic E-state index is 12.1. The van der Waals surface area contributed by atoms with Gasteiger partial charge < -0.3 is 4.74 Å². The fraction of sp³-hybridized carbons (Fsp3) is 0.532. The van der Waals surface area contributed by atoms with Gasteiger partial charge in [0.2, 0.25) is 0 Å². The molecule has 0 aliphatic rings. The van der Waals surface area contributed by atoms with E-state index in [1.54, 1.807) is 12.1 Å². The molecule has 0 aliphatic carbocycles. The Balaban J connectivity index is 2.22. The molecule has 64 heavy (non-hydrogen) atoms. The molecule has 1 aromatic rings. The highest BCUT2D eigenvalue weighted by molar-refractivity contribution is 5.89. The maximum Gasteiger partial charge on any atom is 0.338 e. The largest absolute Gasteiger partial charge is 0.458 e. The van der Waals surface area contributed by atoms with Gasteiger partial charge in [-0.3, -0.25) is 0 Å². The van der Waals surface area contributed by atoms with Gasteiger partial charge in [0, 0.05) is 0 Å². The fourth-order valence-electron chi connectivity index (χ4n) is 7.44. The van der Waals surface area contributed by atoms with Gasteiger partial charge in [-0.2, -0.15) is 0 Å². The van der Waals surface area contributed by atoms with Gasteiger partial charge in [0.15, 0.2) is 0 Å². The summed E-state index contributed by atoms with van der Waals surface area (Å²) in [5.41, 5.74) is 16.8. The highest BCUT2D eigenvalue weighted by Crippen LogP contribution is 2.19. The summed E-state index contributed by atoms with van der Waals surface area (Å²) in [5, 5.41) is 0. The molecule has 0 heterocycles. The molecular weight excluding hydrogens is 777 g/mol. The van der Waals surface area contributed by atoms with Gasteiger partial charge in [-0.1, -0.05) is 140 Å². The lowest BCUT2D eigenvalue weighted by Gasteiger charge is -2.05. The standard InChI is InChI=1S/C62H94O2/c1-50(2)26-16-27-51(3)28-17-29-52(4)30-18-31-53(5)32-19-33-54(6)34-20-35-55(7)36-21-37-56(8)38-22-39-57(9)40-23-41-58(10)42-24-43-59(11)44-25-45-60(12)48-49-64-62(63)61-46-14-13-15-47-61/h13-15,26,28,30,32,34,36,38,40,42,44,46-48H,16-25,27,29,31,33,35,37,39,41,43,45,49H2,1-12H3. The third-order valence-electron chi connectivity index (χ3n) is 12.0. The van der Waals surface area contributed by atoms with Crippen molar-refractivity contribution in [2.75, 3.05) is 6.61 Å². The lowest BCUT2D eigenvalue weighted by molar-refractivity contribution is 0.0549. The lowest BCUT2D eigenvalue weighted by atomic mass is 10.0. The zero-order valence-electron chi connectivity index (χ0n) is 43.4. The van der Waals surface area contributed by atoms with E-state index in [0.717, 1.165) is 89.9 Å². The van der Waals surface area contributed by atoms with Gasteiger partial charge in [0.1, 0.15) is 6.61 Å². The van der Waals surface area contributed by atoms with Crippen LogP contribution in [0.4, 0.5) is 0 Å². The van der Waals surface area contributed by atoms with Gasteiger partial charge in [0.05, 0.1) is 5.56 Å². The topological polar surface area (TPSA) is 26.3 Å². The average Bonchev–Trinajstić information content (AvgIpc) is 3.23. The van der Waals surface area contributed by atoms with Crippen LogP contribution in [-0.4, -0.2) is 12.6 Å². The van der Waals surface area contributed by atoms with E-state index in [-0.39, 0.29) is 5.97 Å². The molecule has 1 aromatic carbocycles. The Bertz CT molecular complexity index is 1820. The summed E-state index contributed by atoms with van der Waals surface area (Å²) in [7, 11) is 0. The van der Waals surface area contributed by atoms with Crippen LogP contribution in [0.3, 0.4) is 0 Å². The van der Waals surface area contributed by atoms with Crippen LogP contribution < -0.4 is 0 Å². The normalized spacial score (nSPS) is 14.4. The molecule has 2 nitrogen and oxygen atoms in total. The van der Waals surface area contributed by atoms with E-state index >= 15 is 0 Å². The van der Waals surface area contributed by atoms with Crippen molar-refractivity contribution < 1.29 is 9.53 Å². The highest BCUT2D eigenvalue weighted by atomic mass is 16.5. The van der Waals surface area contributed by atoms with E-state index in [0.29, 0.717) is 12.2 Å². The van der Waals surface area contributed by atoms with Crippen molar-refractivity contribution in [3.8, 4) is 0 Å². The Morgan fingerprint density at radius 1 is 0.328 bits per heavy atom. The fourth-order valence-corrected chi connectivity index (χ4v) is 7.44. The van der Waals surface area contributed by atoms with Crippen molar-refractivity contribution in [2.24, 2.45) is 0 Å². The van der Waals surface area contributed by atoms with Crippen molar-refractivity contribution in [3.63, 3.8) is 0 Å². The Hall–Kier alpha value is -4.17. The van der Waals surface area contributed by atoms with Crippen molar-refractivity contribution in [2.45, 2.75) is 212 Å². The first-order valence-corrected chi connectivity index (χ1v) is 25.1. The van der Waals surface area contributed by atoms with Crippen molar-refractivity contribution in [3.05, 3.63) is 164 Å². The first kappa shape index (κ1) is 57.8. The number of esters is 1. The summed E-state index contributed by atoms with van der Waals surface area (Å²) in [6.07, 6.45) is 49.1. The Kier molecular flexibility index (Phi) is 33.5. The highest BCUT2D eigenvalue weighted by Gasteiger charge is 2.04. The second-order valence-corrected chi connectivity index (χ2v) is 19.1. The molecule has 0 saturated carbocycles. The molecule has 0 fully saturated rings. The lowest BCUT2D eigenvalue weighted by Crippen LogP contribution is -2.04. The number of ether oxygens (including phenoxy) is 1.